The number of hydrogen-bond donors (Lipinski definition) is 3. The first-order valence-corrected chi connectivity index (χ1v) is 6.51. The van der Waals surface area contributed by atoms with Crippen LogP contribution >= 0.6 is 0 Å². The summed E-state index contributed by atoms with van der Waals surface area (Å²) in [4.78, 5) is 21.5. The first-order chi connectivity index (χ1) is 9.70. The van der Waals surface area contributed by atoms with Crippen LogP contribution in [0, 0.1) is 0 Å². The zero-order chi connectivity index (χ0) is 14.4. The second kappa shape index (κ2) is 7.01. The number of carbonyl (C=O) groups is 1. The van der Waals surface area contributed by atoms with Crippen LogP contribution in [-0.2, 0) is 4.74 Å². The Bertz CT molecular complexity index is 462. The van der Waals surface area contributed by atoms with Crippen molar-refractivity contribution in [2.75, 3.05) is 56.7 Å². The molecule has 0 unspecified atom stereocenters. The number of aromatic carboxylic acids is 1. The third kappa shape index (κ3) is 3.78. The lowest BCUT2D eigenvalue weighted by molar-refractivity contribution is 0.0690. The first-order valence-electron chi connectivity index (χ1n) is 6.51. The van der Waals surface area contributed by atoms with Crippen LogP contribution in [0.2, 0.25) is 0 Å². The Kier molecular flexibility index (Phi) is 5.08. The van der Waals surface area contributed by atoms with Crippen LogP contribution in [0.15, 0.2) is 6.07 Å². The van der Waals surface area contributed by atoms with Gasteiger partial charge in [0.05, 0.1) is 6.61 Å². The summed E-state index contributed by atoms with van der Waals surface area (Å²) in [6.07, 6.45) is 0. The van der Waals surface area contributed by atoms with Crippen molar-refractivity contribution in [1.29, 1.82) is 0 Å². The number of rotatable bonds is 6. The Morgan fingerprint density at radius 3 is 2.90 bits per heavy atom. The molecular weight excluding hydrogens is 262 g/mol. The van der Waals surface area contributed by atoms with Crippen molar-refractivity contribution in [2.45, 2.75) is 0 Å². The molecule has 0 amide bonds. The van der Waals surface area contributed by atoms with Crippen LogP contribution < -0.4 is 15.5 Å². The third-order valence-corrected chi connectivity index (χ3v) is 2.96. The maximum atomic E-state index is 11.1. The highest BCUT2D eigenvalue weighted by molar-refractivity contribution is 5.86. The quantitative estimate of drug-likeness (QED) is 0.608. The number of aromatic nitrogens is 2. The second-order valence-corrected chi connectivity index (χ2v) is 4.40. The van der Waals surface area contributed by atoms with Crippen molar-refractivity contribution < 1.29 is 14.6 Å². The fourth-order valence-corrected chi connectivity index (χ4v) is 1.94. The van der Waals surface area contributed by atoms with Crippen LogP contribution in [0.5, 0.6) is 0 Å². The van der Waals surface area contributed by atoms with Gasteiger partial charge >= 0.3 is 5.97 Å². The summed E-state index contributed by atoms with van der Waals surface area (Å²) in [5.41, 5.74) is -0.00607. The van der Waals surface area contributed by atoms with Gasteiger partial charge in [0, 0.05) is 45.9 Å². The lowest BCUT2D eigenvalue weighted by Crippen LogP contribution is -2.44. The van der Waals surface area contributed by atoms with Gasteiger partial charge in [-0.25, -0.2) is 9.78 Å². The Labute approximate surface area is 117 Å². The number of nitrogens with zero attached hydrogens (tertiary/aromatic N) is 3. The average molecular weight is 281 g/mol. The molecule has 1 aliphatic rings. The zero-order valence-electron chi connectivity index (χ0n) is 11.4. The minimum Gasteiger partial charge on any atom is -0.477 e. The van der Waals surface area contributed by atoms with Crippen LogP contribution in [0.1, 0.15) is 10.5 Å². The predicted octanol–water partition coefficient (Wildman–Crippen LogP) is -0.357. The summed E-state index contributed by atoms with van der Waals surface area (Å²) >= 11 is 0. The van der Waals surface area contributed by atoms with E-state index in [4.69, 9.17) is 9.84 Å². The molecule has 0 radical (unpaired) electrons. The number of piperazine rings is 1. The van der Waals surface area contributed by atoms with Crippen molar-refractivity contribution in [3.63, 3.8) is 0 Å². The smallest absolute Gasteiger partial charge is 0.354 e. The first kappa shape index (κ1) is 14.5. The van der Waals surface area contributed by atoms with Gasteiger partial charge in [-0.15, -0.1) is 0 Å². The van der Waals surface area contributed by atoms with Gasteiger partial charge in [0.2, 0.25) is 5.95 Å². The van der Waals surface area contributed by atoms with Gasteiger partial charge in [0.25, 0.3) is 0 Å². The molecule has 1 fully saturated rings. The van der Waals surface area contributed by atoms with Crippen LogP contribution in [0.3, 0.4) is 0 Å². The molecule has 0 aromatic carbocycles. The molecule has 8 nitrogen and oxygen atoms in total. The number of nitrogens with one attached hydrogen (secondary N) is 2. The number of hydrogen-bond acceptors (Lipinski definition) is 7. The minimum absolute atomic E-state index is 0.00607. The monoisotopic (exact) mass is 281 g/mol. The molecule has 1 saturated heterocycles. The largest absolute Gasteiger partial charge is 0.477 e. The van der Waals surface area contributed by atoms with E-state index in [0.717, 1.165) is 26.2 Å². The summed E-state index contributed by atoms with van der Waals surface area (Å²) in [5.74, 6) is -0.104. The molecule has 8 heteroatoms. The van der Waals surface area contributed by atoms with E-state index >= 15 is 0 Å². The number of anilines is 2. The van der Waals surface area contributed by atoms with E-state index in [1.807, 2.05) is 4.90 Å². The molecule has 1 aliphatic heterocycles. The number of ether oxygens (including phenoxy) is 1. The van der Waals surface area contributed by atoms with Gasteiger partial charge in [-0.05, 0) is 0 Å². The van der Waals surface area contributed by atoms with Gasteiger partial charge in [0.1, 0.15) is 5.82 Å². The molecule has 110 valence electrons. The maximum Gasteiger partial charge on any atom is 0.354 e. The molecule has 0 bridgehead atoms. The molecular formula is C12H19N5O3. The van der Waals surface area contributed by atoms with E-state index in [0.29, 0.717) is 24.9 Å². The van der Waals surface area contributed by atoms with Crippen LogP contribution in [0.4, 0.5) is 11.8 Å². The van der Waals surface area contributed by atoms with E-state index < -0.39 is 5.97 Å². The van der Waals surface area contributed by atoms with E-state index in [9.17, 15) is 4.79 Å². The standard InChI is InChI=1S/C12H19N5O3/c1-20-7-4-14-12-15-9(11(18)19)8-10(16-12)17-5-2-13-3-6-17/h8,13H,2-7H2,1H3,(H,18,19)(H,14,15,16). The zero-order valence-corrected chi connectivity index (χ0v) is 11.4. The average Bonchev–Trinajstić information content (AvgIpc) is 2.48. The fourth-order valence-electron chi connectivity index (χ4n) is 1.94. The van der Waals surface area contributed by atoms with Crippen molar-refractivity contribution in [3.05, 3.63) is 11.8 Å². The molecule has 20 heavy (non-hydrogen) atoms. The van der Waals surface area contributed by atoms with Crippen molar-refractivity contribution in [1.82, 2.24) is 15.3 Å². The molecule has 0 atom stereocenters. The molecule has 0 spiro atoms. The molecule has 2 rings (SSSR count). The van der Waals surface area contributed by atoms with Crippen LogP contribution in [0.25, 0.3) is 0 Å². The van der Waals surface area contributed by atoms with E-state index in [2.05, 4.69) is 20.6 Å². The normalized spacial score (nSPS) is 15.2. The topological polar surface area (TPSA) is 99.6 Å². The number of methoxy groups -OCH3 is 1. The highest BCUT2D eigenvalue weighted by Crippen LogP contribution is 2.15. The summed E-state index contributed by atoms with van der Waals surface area (Å²) in [5, 5.41) is 15.3. The SMILES string of the molecule is COCCNc1nc(C(=O)O)cc(N2CCNCC2)n1. The lowest BCUT2D eigenvalue weighted by Gasteiger charge is -2.28. The van der Waals surface area contributed by atoms with Crippen LogP contribution in [-0.4, -0.2) is 67.5 Å². The Balaban J connectivity index is 2.18. The highest BCUT2D eigenvalue weighted by atomic mass is 16.5. The summed E-state index contributed by atoms with van der Waals surface area (Å²) in [6, 6.07) is 1.51. The van der Waals surface area contributed by atoms with Gasteiger partial charge in [0.15, 0.2) is 5.69 Å². The Hall–Kier alpha value is -1.93. The Morgan fingerprint density at radius 1 is 1.50 bits per heavy atom. The molecule has 0 saturated carbocycles. The summed E-state index contributed by atoms with van der Waals surface area (Å²) in [7, 11) is 1.60. The van der Waals surface area contributed by atoms with Gasteiger partial charge in [-0.1, -0.05) is 0 Å². The third-order valence-electron chi connectivity index (χ3n) is 2.96. The minimum atomic E-state index is -1.06. The van der Waals surface area contributed by atoms with E-state index in [1.54, 1.807) is 7.11 Å². The lowest BCUT2D eigenvalue weighted by atomic mass is 10.3. The molecule has 3 N–H and O–H groups in total. The second-order valence-electron chi connectivity index (χ2n) is 4.40. The fraction of sp³-hybridized carbons (Fsp3) is 0.583. The van der Waals surface area contributed by atoms with Gasteiger partial charge in [-0.3, -0.25) is 0 Å². The summed E-state index contributed by atoms with van der Waals surface area (Å²) in [6.45, 7) is 4.35. The molecule has 2 heterocycles. The van der Waals surface area contributed by atoms with Crippen molar-refractivity contribution in [3.8, 4) is 0 Å². The van der Waals surface area contributed by atoms with Gasteiger partial charge in [-0.2, -0.15) is 4.98 Å². The van der Waals surface area contributed by atoms with Crippen molar-refractivity contribution >= 4 is 17.7 Å². The van der Waals surface area contributed by atoms with Crippen molar-refractivity contribution in [2.24, 2.45) is 0 Å². The van der Waals surface area contributed by atoms with E-state index in [1.165, 1.54) is 6.07 Å². The summed E-state index contributed by atoms with van der Waals surface area (Å²) < 4.78 is 4.93. The maximum absolute atomic E-state index is 11.1. The number of carboxylic acid groups (broad SMARTS) is 1. The molecule has 1 aromatic heterocycles. The number of carboxylic acids is 1. The van der Waals surface area contributed by atoms with Gasteiger partial charge < -0.3 is 25.4 Å². The molecule has 0 aliphatic carbocycles. The predicted molar refractivity (Wildman–Crippen MR) is 74.4 cm³/mol. The highest BCUT2D eigenvalue weighted by Gasteiger charge is 2.16. The van der Waals surface area contributed by atoms with E-state index in [-0.39, 0.29) is 5.69 Å². The molecule has 1 aromatic rings. The Morgan fingerprint density at radius 2 is 2.25 bits per heavy atom.